The van der Waals surface area contributed by atoms with Gasteiger partial charge in [0.2, 0.25) is 10.0 Å². The van der Waals surface area contributed by atoms with Gasteiger partial charge in [0.05, 0.1) is 30.2 Å². The third-order valence-electron chi connectivity index (χ3n) is 4.80. The van der Waals surface area contributed by atoms with E-state index in [1.54, 1.807) is 24.3 Å². The molecule has 146 valence electrons. The number of benzene rings is 1. The molecule has 1 fully saturated rings. The van der Waals surface area contributed by atoms with Gasteiger partial charge in [-0.15, -0.1) is 11.3 Å². The van der Waals surface area contributed by atoms with Crippen LogP contribution in [-0.4, -0.2) is 49.8 Å². The Kier molecular flexibility index (Phi) is 6.41. The summed E-state index contributed by atoms with van der Waals surface area (Å²) < 4.78 is 32.0. The van der Waals surface area contributed by atoms with E-state index in [4.69, 9.17) is 4.74 Å². The van der Waals surface area contributed by atoms with E-state index in [1.807, 2.05) is 19.2 Å². The fourth-order valence-electron chi connectivity index (χ4n) is 2.81. The van der Waals surface area contributed by atoms with Gasteiger partial charge in [-0.25, -0.2) is 13.4 Å². The molecule has 8 heteroatoms. The van der Waals surface area contributed by atoms with Crippen LogP contribution in [0.5, 0.6) is 0 Å². The van der Waals surface area contributed by atoms with Crippen molar-refractivity contribution in [3.63, 3.8) is 0 Å². The zero-order chi connectivity index (χ0) is 19.4. The van der Waals surface area contributed by atoms with Gasteiger partial charge < -0.3 is 4.74 Å². The van der Waals surface area contributed by atoms with Crippen LogP contribution in [0.2, 0.25) is 0 Å². The van der Waals surface area contributed by atoms with E-state index in [-0.39, 0.29) is 16.6 Å². The van der Waals surface area contributed by atoms with Crippen molar-refractivity contribution in [3.8, 4) is 11.3 Å². The molecule has 3 rings (SSSR count). The predicted octanol–water partition coefficient (Wildman–Crippen LogP) is 2.99. The third kappa shape index (κ3) is 4.63. The highest BCUT2D eigenvalue weighted by Crippen LogP contribution is 2.25. The standard InChI is InChI=1S/C19H24N2O4S2/c1-3-14(2)18(22)12-19-20-17(13-26-19)15-4-6-16(7-5-15)27(23,24)21-8-10-25-11-9-21/h4-7,13-14H,3,8-12H2,1-2H3. The number of morpholine rings is 1. The summed E-state index contributed by atoms with van der Waals surface area (Å²) in [5.41, 5.74) is 1.61. The summed E-state index contributed by atoms with van der Waals surface area (Å²) >= 11 is 1.46. The van der Waals surface area contributed by atoms with Gasteiger partial charge in [-0.3, -0.25) is 4.79 Å². The van der Waals surface area contributed by atoms with Crippen LogP contribution in [0.4, 0.5) is 0 Å². The largest absolute Gasteiger partial charge is 0.379 e. The zero-order valence-electron chi connectivity index (χ0n) is 15.6. The van der Waals surface area contributed by atoms with Crippen molar-refractivity contribution in [1.29, 1.82) is 0 Å². The van der Waals surface area contributed by atoms with Crippen LogP contribution in [0.1, 0.15) is 25.3 Å². The lowest BCUT2D eigenvalue weighted by atomic mass is 10.0. The van der Waals surface area contributed by atoms with Crippen LogP contribution in [0.3, 0.4) is 0 Å². The molecule has 6 nitrogen and oxygen atoms in total. The first-order valence-corrected chi connectivity index (χ1v) is 11.4. The second kappa shape index (κ2) is 8.60. The number of Topliss-reactive ketones (excluding diaryl/α,β-unsaturated/α-hetero) is 1. The van der Waals surface area contributed by atoms with Gasteiger partial charge in [-0.05, 0) is 18.6 Å². The van der Waals surface area contributed by atoms with Crippen molar-refractivity contribution in [1.82, 2.24) is 9.29 Å². The second-order valence-corrected chi connectivity index (χ2v) is 9.50. The Labute approximate surface area is 164 Å². The van der Waals surface area contributed by atoms with Crippen LogP contribution in [0, 0.1) is 5.92 Å². The highest BCUT2D eigenvalue weighted by molar-refractivity contribution is 7.89. The van der Waals surface area contributed by atoms with Gasteiger partial charge >= 0.3 is 0 Å². The lowest BCUT2D eigenvalue weighted by Crippen LogP contribution is -2.40. The minimum Gasteiger partial charge on any atom is -0.379 e. The molecule has 1 aromatic heterocycles. The van der Waals surface area contributed by atoms with Crippen molar-refractivity contribution in [2.24, 2.45) is 5.92 Å². The summed E-state index contributed by atoms with van der Waals surface area (Å²) in [6, 6.07) is 6.76. The molecule has 1 unspecified atom stereocenters. The quantitative estimate of drug-likeness (QED) is 0.704. The molecule has 1 atom stereocenters. The topological polar surface area (TPSA) is 76.6 Å². The number of sulfonamides is 1. The maximum Gasteiger partial charge on any atom is 0.243 e. The van der Waals surface area contributed by atoms with Crippen molar-refractivity contribution in [2.75, 3.05) is 26.3 Å². The average Bonchev–Trinajstić information content (AvgIpc) is 3.16. The number of rotatable bonds is 7. The molecule has 1 aromatic carbocycles. The number of nitrogens with zero attached hydrogens (tertiary/aromatic N) is 2. The summed E-state index contributed by atoms with van der Waals surface area (Å²) in [5.74, 6) is 0.243. The first kappa shape index (κ1) is 20.1. The minimum atomic E-state index is -3.49. The molecule has 0 aliphatic carbocycles. The molecule has 0 radical (unpaired) electrons. The van der Waals surface area contributed by atoms with E-state index in [0.29, 0.717) is 32.7 Å². The molecule has 0 bridgehead atoms. The Morgan fingerprint density at radius 1 is 1.26 bits per heavy atom. The fraction of sp³-hybridized carbons (Fsp3) is 0.474. The Balaban J connectivity index is 1.73. The molecule has 0 spiro atoms. The van der Waals surface area contributed by atoms with Gasteiger partial charge in [0.15, 0.2) is 0 Å². The van der Waals surface area contributed by atoms with Gasteiger partial charge in [0.1, 0.15) is 10.8 Å². The Morgan fingerprint density at radius 2 is 1.93 bits per heavy atom. The van der Waals surface area contributed by atoms with Crippen molar-refractivity contribution < 1.29 is 17.9 Å². The number of carbonyl (C=O) groups excluding carboxylic acids is 1. The van der Waals surface area contributed by atoms with E-state index >= 15 is 0 Å². The second-order valence-electron chi connectivity index (χ2n) is 6.62. The molecule has 0 N–H and O–H groups in total. The van der Waals surface area contributed by atoms with Crippen LogP contribution in [0.15, 0.2) is 34.5 Å². The van der Waals surface area contributed by atoms with E-state index in [2.05, 4.69) is 4.98 Å². The van der Waals surface area contributed by atoms with Gasteiger partial charge in [0.25, 0.3) is 0 Å². The normalized spacial score (nSPS) is 17.0. The smallest absolute Gasteiger partial charge is 0.243 e. The molecular formula is C19H24N2O4S2. The summed E-state index contributed by atoms with van der Waals surface area (Å²) in [4.78, 5) is 16.9. The number of hydrogen-bond donors (Lipinski definition) is 0. The molecule has 1 aliphatic heterocycles. The number of ether oxygens (including phenoxy) is 1. The highest BCUT2D eigenvalue weighted by atomic mass is 32.2. The number of aromatic nitrogens is 1. The SMILES string of the molecule is CCC(C)C(=O)Cc1nc(-c2ccc(S(=O)(=O)N3CCOCC3)cc2)cs1. The van der Waals surface area contributed by atoms with Crippen molar-refractivity contribution >= 4 is 27.1 Å². The van der Waals surface area contributed by atoms with Gasteiger partial charge in [-0.1, -0.05) is 26.0 Å². The summed E-state index contributed by atoms with van der Waals surface area (Å²) in [5, 5.41) is 2.70. The molecule has 2 heterocycles. The Morgan fingerprint density at radius 3 is 2.56 bits per heavy atom. The van der Waals surface area contributed by atoms with E-state index in [1.165, 1.54) is 15.6 Å². The van der Waals surface area contributed by atoms with E-state index in [9.17, 15) is 13.2 Å². The number of ketones is 1. The predicted molar refractivity (Wildman–Crippen MR) is 105 cm³/mol. The monoisotopic (exact) mass is 408 g/mol. The maximum atomic E-state index is 12.7. The van der Waals surface area contributed by atoms with Crippen LogP contribution in [-0.2, 0) is 26.0 Å². The first-order chi connectivity index (χ1) is 12.9. The highest BCUT2D eigenvalue weighted by Gasteiger charge is 2.26. The summed E-state index contributed by atoms with van der Waals surface area (Å²) in [7, 11) is -3.49. The maximum absolute atomic E-state index is 12.7. The Bertz CT molecular complexity index is 885. The van der Waals surface area contributed by atoms with Crippen LogP contribution >= 0.6 is 11.3 Å². The summed E-state index contributed by atoms with van der Waals surface area (Å²) in [6.07, 6.45) is 1.18. The van der Waals surface area contributed by atoms with Crippen LogP contribution < -0.4 is 0 Å². The van der Waals surface area contributed by atoms with Gasteiger partial charge in [0, 0.05) is 30.0 Å². The molecule has 2 aromatic rings. The first-order valence-electron chi connectivity index (χ1n) is 9.07. The minimum absolute atomic E-state index is 0.0435. The van der Waals surface area contributed by atoms with Gasteiger partial charge in [-0.2, -0.15) is 4.31 Å². The fourth-order valence-corrected chi connectivity index (χ4v) is 5.03. The Hall–Kier alpha value is -1.61. The molecule has 0 amide bonds. The molecule has 0 saturated carbocycles. The average molecular weight is 409 g/mol. The molecule has 1 aliphatic rings. The molecule has 27 heavy (non-hydrogen) atoms. The third-order valence-corrected chi connectivity index (χ3v) is 7.56. The molecule has 1 saturated heterocycles. The van der Waals surface area contributed by atoms with E-state index < -0.39 is 10.0 Å². The summed E-state index contributed by atoms with van der Waals surface area (Å²) in [6.45, 7) is 5.54. The van der Waals surface area contributed by atoms with Crippen LogP contribution in [0.25, 0.3) is 11.3 Å². The van der Waals surface area contributed by atoms with Crippen molar-refractivity contribution in [2.45, 2.75) is 31.6 Å². The lowest BCUT2D eigenvalue weighted by molar-refractivity contribution is -0.121. The molecular weight excluding hydrogens is 384 g/mol. The van der Waals surface area contributed by atoms with E-state index in [0.717, 1.165) is 22.7 Å². The number of thiazole rings is 1. The number of hydrogen-bond acceptors (Lipinski definition) is 6. The van der Waals surface area contributed by atoms with Crippen molar-refractivity contribution in [3.05, 3.63) is 34.7 Å². The number of carbonyl (C=O) groups is 1. The zero-order valence-corrected chi connectivity index (χ0v) is 17.2. The lowest BCUT2D eigenvalue weighted by Gasteiger charge is -2.26.